The minimum atomic E-state index is -0.538. The number of anilines is 1. The maximum atomic E-state index is 12.2. The lowest BCUT2D eigenvalue weighted by Crippen LogP contribution is -2.05. The standard InChI is InChI=1S/C20H17ClN4O2/c1-3-27-20(26)17-18(21)25-16(7-6-15(22-2)19(25)24-17)13-4-5-14-11-23-9-8-12(14)10-13/h4-11,22H,3H2,1-2H3. The van der Waals surface area contributed by atoms with Crippen LogP contribution < -0.4 is 5.32 Å². The predicted octanol–water partition coefficient (Wildman–Crippen LogP) is 4.42. The normalized spacial score (nSPS) is 11.1. The summed E-state index contributed by atoms with van der Waals surface area (Å²) in [4.78, 5) is 20.8. The minimum Gasteiger partial charge on any atom is -0.461 e. The van der Waals surface area contributed by atoms with Crippen LogP contribution in [0.5, 0.6) is 0 Å². The molecule has 0 aliphatic carbocycles. The van der Waals surface area contributed by atoms with Crippen LogP contribution in [0.1, 0.15) is 17.4 Å². The summed E-state index contributed by atoms with van der Waals surface area (Å²) in [7, 11) is 1.80. The third kappa shape index (κ3) is 2.88. The highest BCUT2D eigenvalue weighted by Crippen LogP contribution is 2.32. The second kappa shape index (κ2) is 6.89. The molecule has 3 aromatic heterocycles. The van der Waals surface area contributed by atoms with Gasteiger partial charge in [0.25, 0.3) is 0 Å². The second-order valence-electron chi connectivity index (χ2n) is 5.95. The predicted molar refractivity (Wildman–Crippen MR) is 106 cm³/mol. The largest absolute Gasteiger partial charge is 0.461 e. The van der Waals surface area contributed by atoms with Gasteiger partial charge in [0.15, 0.2) is 11.3 Å². The smallest absolute Gasteiger partial charge is 0.360 e. The summed E-state index contributed by atoms with van der Waals surface area (Å²) < 4.78 is 6.85. The molecule has 4 rings (SSSR count). The average molecular weight is 381 g/mol. The summed E-state index contributed by atoms with van der Waals surface area (Å²) in [5.74, 6) is -0.538. The first-order valence-corrected chi connectivity index (χ1v) is 8.91. The van der Waals surface area contributed by atoms with Gasteiger partial charge in [-0.05, 0) is 42.1 Å². The molecule has 6 nitrogen and oxygen atoms in total. The molecule has 0 spiro atoms. The van der Waals surface area contributed by atoms with Crippen LogP contribution in [0.25, 0.3) is 27.7 Å². The Hall–Kier alpha value is -3.12. The van der Waals surface area contributed by atoms with Gasteiger partial charge in [0, 0.05) is 24.8 Å². The molecule has 0 unspecified atom stereocenters. The van der Waals surface area contributed by atoms with Gasteiger partial charge < -0.3 is 10.1 Å². The maximum absolute atomic E-state index is 12.2. The molecule has 0 radical (unpaired) electrons. The molecule has 1 aromatic carbocycles. The van der Waals surface area contributed by atoms with E-state index in [1.165, 1.54) is 0 Å². The van der Waals surface area contributed by atoms with E-state index in [1.807, 2.05) is 36.5 Å². The molecule has 3 heterocycles. The number of rotatable bonds is 4. The number of aromatic nitrogens is 3. The lowest BCUT2D eigenvalue weighted by Gasteiger charge is -2.11. The molecule has 0 amide bonds. The summed E-state index contributed by atoms with van der Waals surface area (Å²) in [5.41, 5.74) is 3.22. The molecule has 27 heavy (non-hydrogen) atoms. The van der Waals surface area contributed by atoms with Crippen molar-refractivity contribution in [2.45, 2.75) is 6.92 Å². The SMILES string of the molecule is CCOC(=O)c1nc2c(NC)ccc(-c3ccc4cnccc4c3)n2c1Cl. The van der Waals surface area contributed by atoms with Crippen molar-refractivity contribution in [1.29, 1.82) is 0 Å². The Morgan fingerprint density at radius 3 is 2.85 bits per heavy atom. The van der Waals surface area contributed by atoms with Crippen LogP contribution in [0, 0.1) is 0 Å². The van der Waals surface area contributed by atoms with Crippen LogP contribution in [0.2, 0.25) is 5.15 Å². The van der Waals surface area contributed by atoms with Crippen molar-refractivity contribution in [1.82, 2.24) is 14.4 Å². The lowest BCUT2D eigenvalue weighted by molar-refractivity contribution is 0.0520. The topological polar surface area (TPSA) is 68.5 Å². The third-order valence-electron chi connectivity index (χ3n) is 4.39. The minimum absolute atomic E-state index is 0.104. The fourth-order valence-corrected chi connectivity index (χ4v) is 3.40. The van der Waals surface area contributed by atoms with Crippen molar-refractivity contribution < 1.29 is 9.53 Å². The van der Waals surface area contributed by atoms with Crippen molar-refractivity contribution >= 4 is 39.7 Å². The molecule has 0 saturated heterocycles. The summed E-state index contributed by atoms with van der Waals surface area (Å²) in [6.07, 6.45) is 3.58. The van der Waals surface area contributed by atoms with Crippen LogP contribution in [0.4, 0.5) is 5.69 Å². The number of nitrogens with one attached hydrogen (secondary N) is 1. The number of halogens is 1. The molecule has 0 saturated carbocycles. The van der Waals surface area contributed by atoms with E-state index in [-0.39, 0.29) is 17.5 Å². The highest BCUT2D eigenvalue weighted by molar-refractivity contribution is 6.33. The van der Waals surface area contributed by atoms with Gasteiger partial charge >= 0.3 is 5.97 Å². The highest BCUT2D eigenvalue weighted by atomic mass is 35.5. The van der Waals surface area contributed by atoms with E-state index in [1.54, 1.807) is 24.6 Å². The first-order valence-electron chi connectivity index (χ1n) is 8.54. The molecule has 136 valence electrons. The van der Waals surface area contributed by atoms with Crippen molar-refractivity contribution in [3.05, 3.63) is 59.6 Å². The zero-order chi connectivity index (χ0) is 19.0. The molecule has 7 heteroatoms. The maximum Gasteiger partial charge on any atom is 0.360 e. The van der Waals surface area contributed by atoms with Crippen molar-refractivity contribution in [3.8, 4) is 11.3 Å². The first kappa shape index (κ1) is 17.3. The van der Waals surface area contributed by atoms with Gasteiger partial charge in [0.05, 0.1) is 18.0 Å². The molecule has 0 aliphatic rings. The Bertz CT molecular complexity index is 1170. The Morgan fingerprint density at radius 1 is 1.22 bits per heavy atom. The van der Waals surface area contributed by atoms with Crippen LogP contribution in [-0.2, 0) is 4.74 Å². The second-order valence-corrected chi connectivity index (χ2v) is 6.31. The van der Waals surface area contributed by atoms with E-state index in [0.29, 0.717) is 5.65 Å². The number of imidazole rings is 1. The molecule has 0 atom stereocenters. The van der Waals surface area contributed by atoms with Crippen molar-refractivity contribution in [3.63, 3.8) is 0 Å². The average Bonchev–Trinajstić information content (AvgIpc) is 3.05. The number of fused-ring (bicyclic) bond motifs is 2. The summed E-state index contributed by atoms with van der Waals surface area (Å²) in [5, 5.41) is 5.43. The Labute approximate surface area is 160 Å². The van der Waals surface area contributed by atoms with Crippen molar-refractivity contribution in [2.24, 2.45) is 0 Å². The molecule has 1 N–H and O–H groups in total. The molecule has 4 aromatic rings. The van der Waals surface area contributed by atoms with E-state index in [2.05, 4.69) is 21.4 Å². The molecular formula is C20H17ClN4O2. The monoisotopic (exact) mass is 380 g/mol. The fraction of sp³-hybridized carbons (Fsp3) is 0.150. The van der Waals surface area contributed by atoms with Gasteiger partial charge in [-0.25, -0.2) is 9.78 Å². The van der Waals surface area contributed by atoms with E-state index in [0.717, 1.165) is 27.7 Å². The lowest BCUT2D eigenvalue weighted by atomic mass is 10.1. The number of esters is 1. The summed E-state index contributed by atoms with van der Waals surface area (Å²) >= 11 is 6.55. The van der Waals surface area contributed by atoms with Crippen LogP contribution in [0.3, 0.4) is 0 Å². The van der Waals surface area contributed by atoms with Crippen LogP contribution in [-0.4, -0.2) is 34.0 Å². The molecule has 0 aliphatic heterocycles. The number of hydrogen-bond acceptors (Lipinski definition) is 5. The number of nitrogens with zero attached hydrogens (tertiary/aromatic N) is 3. The van der Waals surface area contributed by atoms with Crippen molar-refractivity contribution in [2.75, 3.05) is 19.0 Å². The quantitative estimate of drug-likeness (QED) is 0.531. The van der Waals surface area contributed by atoms with E-state index in [4.69, 9.17) is 16.3 Å². The summed E-state index contributed by atoms with van der Waals surface area (Å²) in [6.45, 7) is 2.00. The molecular weight excluding hydrogens is 364 g/mol. The van der Waals surface area contributed by atoms with Gasteiger partial charge in [-0.15, -0.1) is 0 Å². The number of hydrogen-bond donors (Lipinski definition) is 1. The third-order valence-corrected chi connectivity index (χ3v) is 4.73. The Balaban J connectivity index is 1.98. The number of pyridine rings is 2. The zero-order valence-electron chi connectivity index (χ0n) is 14.9. The van der Waals surface area contributed by atoms with Gasteiger partial charge in [0.2, 0.25) is 0 Å². The number of ether oxygens (including phenoxy) is 1. The van der Waals surface area contributed by atoms with Crippen LogP contribution >= 0.6 is 11.6 Å². The number of carbonyl (C=O) groups excluding carboxylic acids is 1. The first-order chi connectivity index (χ1) is 13.1. The number of carbonyl (C=O) groups is 1. The summed E-state index contributed by atoms with van der Waals surface area (Å²) in [6, 6.07) is 11.9. The van der Waals surface area contributed by atoms with E-state index < -0.39 is 5.97 Å². The van der Waals surface area contributed by atoms with E-state index >= 15 is 0 Å². The fourth-order valence-electron chi connectivity index (χ4n) is 3.11. The van der Waals surface area contributed by atoms with Crippen LogP contribution in [0.15, 0.2) is 48.8 Å². The van der Waals surface area contributed by atoms with Gasteiger partial charge in [-0.1, -0.05) is 23.7 Å². The van der Waals surface area contributed by atoms with Gasteiger partial charge in [-0.2, -0.15) is 0 Å². The van der Waals surface area contributed by atoms with Gasteiger partial charge in [-0.3, -0.25) is 9.38 Å². The highest BCUT2D eigenvalue weighted by Gasteiger charge is 2.22. The zero-order valence-corrected chi connectivity index (χ0v) is 15.6. The Morgan fingerprint density at radius 2 is 2.07 bits per heavy atom. The molecule has 0 fully saturated rings. The molecule has 0 bridgehead atoms. The van der Waals surface area contributed by atoms with E-state index in [9.17, 15) is 4.79 Å². The Kier molecular flexibility index (Phi) is 4.41. The van der Waals surface area contributed by atoms with Gasteiger partial charge in [0.1, 0.15) is 5.15 Å². The number of benzene rings is 1.